The van der Waals surface area contributed by atoms with Crippen LogP contribution in [-0.4, -0.2) is 58.6 Å². The first-order valence-electron chi connectivity index (χ1n) is 6.98. The van der Waals surface area contributed by atoms with Gasteiger partial charge in [0.2, 0.25) is 5.91 Å². The first-order chi connectivity index (χ1) is 10.6. The maximum absolute atomic E-state index is 11.6. The fraction of sp³-hybridized carbons (Fsp3) is 0.533. The third kappa shape index (κ3) is 6.30. The van der Waals surface area contributed by atoms with Crippen molar-refractivity contribution in [2.45, 2.75) is 6.10 Å². The number of carbonyl (C=O) groups excluding carboxylic acids is 1. The molecule has 0 radical (unpaired) electrons. The Hall–Kier alpha value is -1.83. The first kappa shape index (κ1) is 18.2. The van der Waals surface area contributed by atoms with E-state index in [0.717, 1.165) is 0 Å². The summed E-state index contributed by atoms with van der Waals surface area (Å²) >= 11 is 0. The zero-order valence-electron chi connectivity index (χ0n) is 13.2. The number of aliphatic hydroxyl groups is 1. The molecule has 3 N–H and O–H groups in total. The van der Waals surface area contributed by atoms with Gasteiger partial charge in [-0.05, 0) is 17.7 Å². The van der Waals surface area contributed by atoms with E-state index in [1.807, 2.05) is 0 Å². The maximum atomic E-state index is 11.6. The molecule has 1 aromatic rings. The third-order valence-electron chi connectivity index (χ3n) is 3.02. The van der Waals surface area contributed by atoms with Crippen molar-refractivity contribution in [1.82, 2.24) is 10.6 Å². The molecule has 1 amide bonds. The highest BCUT2D eigenvalue weighted by Gasteiger charge is 2.12. The Morgan fingerprint density at radius 3 is 2.36 bits per heavy atom. The predicted molar refractivity (Wildman–Crippen MR) is 82.3 cm³/mol. The van der Waals surface area contributed by atoms with Crippen LogP contribution >= 0.6 is 0 Å². The number of hydrogen-bond donors (Lipinski definition) is 3. The van der Waals surface area contributed by atoms with Crippen molar-refractivity contribution in [2.24, 2.45) is 0 Å². The summed E-state index contributed by atoms with van der Waals surface area (Å²) in [6, 6.07) is 5.13. The van der Waals surface area contributed by atoms with Crippen molar-refractivity contribution in [3.05, 3.63) is 23.8 Å². The van der Waals surface area contributed by atoms with Gasteiger partial charge in [-0.15, -0.1) is 0 Å². The summed E-state index contributed by atoms with van der Waals surface area (Å²) < 4.78 is 15.2. The van der Waals surface area contributed by atoms with Crippen molar-refractivity contribution in [3.8, 4) is 11.5 Å². The molecule has 7 nitrogen and oxygen atoms in total. The van der Waals surface area contributed by atoms with E-state index in [0.29, 0.717) is 30.2 Å². The monoisotopic (exact) mass is 312 g/mol. The smallest absolute Gasteiger partial charge is 0.234 e. The molecule has 0 aliphatic heterocycles. The molecule has 1 aromatic carbocycles. The summed E-state index contributed by atoms with van der Waals surface area (Å²) in [4.78, 5) is 11.6. The predicted octanol–water partition coefficient (Wildman–Crippen LogP) is 0.0894. The van der Waals surface area contributed by atoms with Crippen molar-refractivity contribution in [3.63, 3.8) is 0 Å². The van der Waals surface area contributed by atoms with Gasteiger partial charge in [0.05, 0.1) is 33.5 Å². The molecule has 0 saturated carbocycles. The lowest BCUT2D eigenvalue weighted by atomic mass is 10.1. The van der Waals surface area contributed by atoms with Crippen molar-refractivity contribution >= 4 is 5.91 Å². The standard InChI is InChI=1S/C15H24N2O5/c1-20-5-4-16-10-15(19)17-9-14(18)11-6-12(21-2)8-13(7-11)22-3/h6-8,14,16,18H,4-5,9-10H2,1-3H3,(H,17,19). The number of nitrogens with one attached hydrogen (secondary N) is 2. The third-order valence-corrected chi connectivity index (χ3v) is 3.02. The number of ether oxygens (including phenoxy) is 3. The Balaban J connectivity index is 2.47. The summed E-state index contributed by atoms with van der Waals surface area (Å²) in [7, 11) is 4.68. The van der Waals surface area contributed by atoms with Crippen LogP contribution in [0, 0.1) is 0 Å². The Kier molecular flexibility index (Phi) is 8.27. The Labute approximate surface area is 130 Å². The highest BCUT2D eigenvalue weighted by molar-refractivity contribution is 5.78. The molecule has 0 spiro atoms. The number of rotatable bonds is 10. The molecular weight excluding hydrogens is 288 g/mol. The first-order valence-corrected chi connectivity index (χ1v) is 6.98. The topological polar surface area (TPSA) is 89.1 Å². The molecule has 0 aliphatic rings. The minimum Gasteiger partial charge on any atom is -0.497 e. The van der Waals surface area contributed by atoms with Gasteiger partial charge in [-0.3, -0.25) is 4.79 Å². The van der Waals surface area contributed by atoms with E-state index in [4.69, 9.17) is 14.2 Å². The second-order valence-electron chi connectivity index (χ2n) is 4.64. The summed E-state index contributed by atoms with van der Waals surface area (Å²) in [5, 5.41) is 15.7. The minimum absolute atomic E-state index is 0.112. The average molecular weight is 312 g/mol. The van der Waals surface area contributed by atoms with Crippen LogP contribution < -0.4 is 20.1 Å². The van der Waals surface area contributed by atoms with E-state index in [9.17, 15) is 9.90 Å². The zero-order valence-corrected chi connectivity index (χ0v) is 13.2. The SMILES string of the molecule is COCCNCC(=O)NCC(O)c1cc(OC)cc(OC)c1. The van der Waals surface area contributed by atoms with Gasteiger partial charge in [0.15, 0.2) is 0 Å². The van der Waals surface area contributed by atoms with Gasteiger partial charge in [-0.25, -0.2) is 0 Å². The fourth-order valence-electron chi connectivity index (χ4n) is 1.79. The number of benzene rings is 1. The van der Waals surface area contributed by atoms with Crippen molar-refractivity contribution in [1.29, 1.82) is 0 Å². The summed E-state index contributed by atoms with van der Waals surface area (Å²) in [5.74, 6) is 0.979. The fourth-order valence-corrected chi connectivity index (χ4v) is 1.79. The van der Waals surface area contributed by atoms with Crippen LogP contribution in [0.2, 0.25) is 0 Å². The number of hydrogen-bond acceptors (Lipinski definition) is 6. The molecule has 0 aromatic heterocycles. The van der Waals surface area contributed by atoms with E-state index in [1.54, 1.807) is 39.5 Å². The Morgan fingerprint density at radius 2 is 1.82 bits per heavy atom. The molecule has 22 heavy (non-hydrogen) atoms. The highest BCUT2D eigenvalue weighted by Crippen LogP contribution is 2.26. The van der Waals surface area contributed by atoms with Crippen molar-refractivity contribution < 1.29 is 24.1 Å². The Bertz CT molecular complexity index is 445. The van der Waals surface area contributed by atoms with Crippen LogP contribution in [-0.2, 0) is 9.53 Å². The molecule has 0 saturated heterocycles. The number of amides is 1. The number of carbonyl (C=O) groups is 1. The molecule has 1 rings (SSSR count). The van der Waals surface area contributed by atoms with Gasteiger partial charge in [0.25, 0.3) is 0 Å². The van der Waals surface area contributed by atoms with E-state index in [2.05, 4.69) is 10.6 Å². The lowest BCUT2D eigenvalue weighted by molar-refractivity contribution is -0.120. The lowest BCUT2D eigenvalue weighted by Crippen LogP contribution is -2.37. The molecule has 0 heterocycles. The van der Waals surface area contributed by atoms with Gasteiger partial charge in [-0.2, -0.15) is 0 Å². The molecular formula is C15H24N2O5. The largest absolute Gasteiger partial charge is 0.497 e. The molecule has 124 valence electrons. The molecule has 0 bridgehead atoms. The van der Waals surface area contributed by atoms with Crippen LogP contribution in [0.25, 0.3) is 0 Å². The van der Waals surface area contributed by atoms with Gasteiger partial charge < -0.3 is 30.0 Å². The van der Waals surface area contributed by atoms with Crippen molar-refractivity contribution in [2.75, 3.05) is 47.6 Å². The second-order valence-corrected chi connectivity index (χ2v) is 4.64. The quantitative estimate of drug-likeness (QED) is 0.531. The van der Waals surface area contributed by atoms with Crippen LogP contribution in [0.3, 0.4) is 0 Å². The molecule has 7 heteroatoms. The maximum Gasteiger partial charge on any atom is 0.234 e. The number of aliphatic hydroxyl groups excluding tert-OH is 1. The van der Waals surface area contributed by atoms with Crippen LogP contribution in [0.5, 0.6) is 11.5 Å². The normalized spacial score (nSPS) is 11.8. The van der Waals surface area contributed by atoms with Crippen LogP contribution in [0.4, 0.5) is 0 Å². The molecule has 0 fully saturated rings. The number of methoxy groups -OCH3 is 3. The minimum atomic E-state index is -0.841. The lowest BCUT2D eigenvalue weighted by Gasteiger charge is -2.15. The summed E-state index contributed by atoms with van der Waals surface area (Å²) in [6.07, 6.45) is -0.841. The van der Waals surface area contributed by atoms with E-state index < -0.39 is 6.10 Å². The zero-order chi connectivity index (χ0) is 16.4. The molecule has 0 aliphatic carbocycles. The van der Waals surface area contributed by atoms with Gasteiger partial charge in [0.1, 0.15) is 11.5 Å². The van der Waals surface area contributed by atoms with Gasteiger partial charge in [-0.1, -0.05) is 0 Å². The van der Waals surface area contributed by atoms with E-state index >= 15 is 0 Å². The van der Waals surface area contributed by atoms with Gasteiger partial charge in [0, 0.05) is 26.3 Å². The summed E-state index contributed by atoms with van der Waals surface area (Å²) in [6.45, 7) is 1.43. The molecule has 1 unspecified atom stereocenters. The van der Waals surface area contributed by atoms with E-state index in [-0.39, 0.29) is 19.0 Å². The second kappa shape index (κ2) is 9.99. The van der Waals surface area contributed by atoms with E-state index in [1.165, 1.54) is 0 Å². The van der Waals surface area contributed by atoms with Gasteiger partial charge >= 0.3 is 0 Å². The highest BCUT2D eigenvalue weighted by atomic mass is 16.5. The molecule has 1 atom stereocenters. The summed E-state index contributed by atoms with van der Waals surface area (Å²) in [5.41, 5.74) is 0.615. The Morgan fingerprint density at radius 1 is 1.18 bits per heavy atom. The average Bonchev–Trinajstić information content (AvgIpc) is 2.55. The van der Waals surface area contributed by atoms with Crippen LogP contribution in [0.1, 0.15) is 11.7 Å². The van der Waals surface area contributed by atoms with Crippen LogP contribution in [0.15, 0.2) is 18.2 Å².